The number of nitriles is 2. The first kappa shape index (κ1) is 20.3. The number of fused-ring (bicyclic) bond motifs is 6. The van der Waals surface area contributed by atoms with Crippen LogP contribution >= 0.6 is 0 Å². The van der Waals surface area contributed by atoms with Gasteiger partial charge in [0.05, 0.1) is 33.9 Å². The Hall–Kier alpha value is -5.12. The molecule has 0 radical (unpaired) electrons. The molecule has 1 heterocycles. The van der Waals surface area contributed by atoms with Gasteiger partial charge in [0.2, 0.25) is 0 Å². The molecule has 3 heteroatoms. The number of rotatable bonds is 2. The molecule has 3 nitrogen and oxygen atoms in total. The maximum Gasteiger partial charge on any atom is 0.101 e. The summed E-state index contributed by atoms with van der Waals surface area (Å²) in [6.07, 6.45) is 0. The van der Waals surface area contributed by atoms with Crippen molar-refractivity contribution in [3.05, 3.63) is 137 Å². The Labute approximate surface area is 208 Å². The van der Waals surface area contributed by atoms with E-state index in [0.29, 0.717) is 11.1 Å². The first-order valence-corrected chi connectivity index (χ1v) is 11.9. The van der Waals surface area contributed by atoms with Crippen molar-refractivity contribution in [3.63, 3.8) is 0 Å². The average molecular weight is 458 g/mol. The van der Waals surface area contributed by atoms with E-state index in [1.807, 2.05) is 48.5 Å². The third kappa shape index (κ3) is 2.72. The summed E-state index contributed by atoms with van der Waals surface area (Å²) in [6, 6.07) is 41.9. The molecule has 0 unspecified atom stereocenters. The van der Waals surface area contributed by atoms with Crippen LogP contribution in [0.15, 0.2) is 109 Å². The predicted molar refractivity (Wildman–Crippen MR) is 143 cm³/mol. The third-order valence-corrected chi connectivity index (χ3v) is 7.37. The van der Waals surface area contributed by atoms with Gasteiger partial charge in [0.1, 0.15) is 6.07 Å². The van der Waals surface area contributed by atoms with Gasteiger partial charge in [0, 0.05) is 16.7 Å². The molecular weight excluding hydrogens is 438 g/mol. The lowest BCUT2D eigenvalue weighted by Crippen LogP contribution is -2.06. The van der Waals surface area contributed by atoms with E-state index >= 15 is 0 Å². The minimum absolute atomic E-state index is 0.0913. The van der Waals surface area contributed by atoms with E-state index in [9.17, 15) is 10.5 Å². The number of benzene rings is 5. The van der Waals surface area contributed by atoms with Crippen molar-refractivity contribution in [1.29, 1.82) is 10.5 Å². The Morgan fingerprint density at radius 1 is 0.528 bits per heavy atom. The number of para-hydroxylation sites is 2. The SMILES string of the molecule is N#Cc1cc(-n2c3ccccc3c3ccccc32)c(C#N)cc1C1c2ccccc2-c2ccccc21. The van der Waals surface area contributed by atoms with Gasteiger partial charge in [0.25, 0.3) is 0 Å². The van der Waals surface area contributed by atoms with Gasteiger partial charge in [-0.25, -0.2) is 0 Å². The normalized spacial score (nSPS) is 12.3. The second-order valence-electron chi connectivity index (χ2n) is 9.16. The summed E-state index contributed by atoms with van der Waals surface area (Å²) in [4.78, 5) is 0. The zero-order chi connectivity index (χ0) is 24.2. The van der Waals surface area contributed by atoms with E-state index in [0.717, 1.165) is 33.1 Å². The van der Waals surface area contributed by atoms with Crippen molar-refractivity contribution >= 4 is 21.8 Å². The summed E-state index contributed by atoms with van der Waals surface area (Å²) in [6.45, 7) is 0. The van der Waals surface area contributed by atoms with Crippen LogP contribution in [0.25, 0.3) is 38.6 Å². The van der Waals surface area contributed by atoms with Crippen molar-refractivity contribution < 1.29 is 0 Å². The van der Waals surface area contributed by atoms with Gasteiger partial charge in [-0.3, -0.25) is 0 Å². The second kappa shape index (κ2) is 7.70. The third-order valence-electron chi connectivity index (χ3n) is 7.37. The Morgan fingerprint density at radius 2 is 1.03 bits per heavy atom. The first-order valence-electron chi connectivity index (χ1n) is 11.9. The Morgan fingerprint density at radius 3 is 1.58 bits per heavy atom. The Balaban J connectivity index is 1.53. The topological polar surface area (TPSA) is 52.5 Å². The molecule has 0 fully saturated rings. The fourth-order valence-electron chi connectivity index (χ4n) is 5.89. The zero-order valence-electron chi connectivity index (χ0n) is 19.3. The zero-order valence-corrected chi connectivity index (χ0v) is 19.3. The minimum Gasteiger partial charge on any atom is -0.308 e. The average Bonchev–Trinajstić information content (AvgIpc) is 3.45. The molecule has 1 aliphatic carbocycles. The standard InChI is InChI=1S/C33H19N3/c34-19-21-18-32(36-30-15-7-5-11-25(30)26-12-6-8-16-31(26)36)22(20-35)17-29(21)33-27-13-3-1-9-23(27)24-10-2-4-14-28(24)33/h1-18,33H. The molecule has 0 amide bonds. The maximum atomic E-state index is 10.3. The van der Waals surface area contributed by atoms with E-state index in [4.69, 9.17) is 0 Å². The van der Waals surface area contributed by atoms with Crippen LogP contribution in [0.1, 0.15) is 33.7 Å². The lowest BCUT2D eigenvalue weighted by Gasteiger charge is -2.19. The largest absolute Gasteiger partial charge is 0.308 e. The summed E-state index contributed by atoms with van der Waals surface area (Å²) in [7, 11) is 0. The van der Waals surface area contributed by atoms with E-state index < -0.39 is 0 Å². The van der Waals surface area contributed by atoms with Crippen molar-refractivity contribution in [2.45, 2.75) is 5.92 Å². The predicted octanol–water partition coefficient (Wildman–Crippen LogP) is 7.69. The first-order chi connectivity index (χ1) is 17.8. The van der Waals surface area contributed by atoms with Crippen LogP contribution in [0, 0.1) is 22.7 Å². The molecule has 7 rings (SSSR count). The highest BCUT2D eigenvalue weighted by Crippen LogP contribution is 2.49. The van der Waals surface area contributed by atoms with Crippen LogP contribution in [0.4, 0.5) is 0 Å². The smallest absolute Gasteiger partial charge is 0.101 e. The van der Waals surface area contributed by atoms with Crippen molar-refractivity contribution in [2.75, 3.05) is 0 Å². The van der Waals surface area contributed by atoms with Crippen molar-refractivity contribution in [3.8, 4) is 29.0 Å². The summed E-state index contributed by atoms with van der Waals surface area (Å²) in [5, 5.41) is 22.9. The fourth-order valence-corrected chi connectivity index (χ4v) is 5.89. The molecule has 0 aliphatic heterocycles. The van der Waals surface area contributed by atoms with Gasteiger partial charge in [-0.15, -0.1) is 0 Å². The molecule has 0 saturated carbocycles. The van der Waals surface area contributed by atoms with Crippen LogP contribution in [-0.2, 0) is 0 Å². The van der Waals surface area contributed by atoms with Gasteiger partial charge >= 0.3 is 0 Å². The van der Waals surface area contributed by atoms with Gasteiger partial charge in [-0.1, -0.05) is 84.9 Å². The molecule has 166 valence electrons. The molecule has 0 saturated heterocycles. The molecule has 0 atom stereocenters. The minimum atomic E-state index is -0.0913. The monoisotopic (exact) mass is 457 g/mol. The van der Waals surface area contributed by atoms with E-state index in [-0.39, 0.29) is 5.92 Å². The second-order valence-corrected chi connectivity index (χ2v) is 9.16. The fraction of sp³-hybridized carbons (Fsp3) is 0.0303. The molecular formula is C33H19N3. The van der Waals surface area contributed by atoms with Gasteiger partial charge in [-0.05, 0) is 52.1 Å². The summed E-state index contributed by atoms with van der Waals surface area (Å²) in [5.74, 6) is -0.0913. The number of nitrogens with zero attached hydrogens (tertiary/aromatic N) is 3. The van der Waals surface area contributed by atoms with Gasteiger partial charge < -0.3 is 4.57 Å². The molecule has 5 aromatic carbocycles. The lowest BCUT2D eigenvalue weighted by atomic mass is 9.85. The molecule has 0 N–H and O–H groups in total. The van der Waals surface area contributed by atoms with Gasteiger partial charge in [-0.2, -0.15) is 10.5 Å². The van der Waals surface area contributed by atoms with Crippen LogP contribution < -0.4 is 0 Å². The number of aromatic nitrogens is 1. The lowest BCUT2D eigenvalue weighted by molar-refractivity contribution is 1.00. The molecule has 6 aromatic rings. The molecule has 1 aromatic heterocycles. The highest BCUT2D eigenvalue weighted by atomic mass is 15.0. The van der Waals surface area contributed by atoms with Crippen LogP contribution in [0.2, 0.25) is 0 Å². The highest BCUT2D eigenvalue weighted by Gasteiger charge is 2.32. The number of hydrogen-bond acceptors (Lipinski definition) is 2. The quantitative estimate of drug-likeness (QED) is 0.267. The molecule has 36 heavy (non-hydrogen) atoms. The summed E-state index contributed by atoms with van der Waals surface area (Å²) in [5.41, 5.74) is 9.49. The molecule has 0 bridgehead atoms. The maximum absolute atomic E-state index is 10.3. The van der Waals surface area contributed by atoms with Gasteiger partial charge in [0.15, 0.2) is 0 Å². The molecule has 0 spiro atoms. The summed E-state index contributed by atoms with van der Waals surface area (Å²) < 4.78 is 2.12. The van der Waals surface area contributed by atoms with Crippen LogP contribution in [0.5, 0.6) is 0 Å². The van der Waals surface area contributed by atoms with Crippen LogP contribution in [-0.4, -0.2) is 4.57 Å². The van der Waals surface area contributed by atoms with Crippen LogP contribution in [0.3, 0.4) is 0 Å². The summed E-state index contributed by atoms with van der Waals surface area (Å²) >= 11 is 0. The number of hydrogen-bond donors (Lipinski definition) is 0. The van der Waals surface area contributed by atoms with Crippen molar-refractivity contribution in [2.24, 2.45) is 0 Å². The van der Waals surface area contributed by atoms with E-state index in [1.54, 1.807) is 0 Å². The molecule has 1 aliphatic rings. The van der Waals surface area contributed by atoms with E-state index in [1.165, 1.54) is 22.3 Å². The van der Waals surface area contributed by atoms with Crippen molar-refractivity contribution in [1.82, 2.24) is 4.57 Å². The van der Waals surface area contributed by atoms with E-state index in [2.05, 4.69) is 77.4 Å². The Bertz CT molecular complexity index is 1830. The Kier molecular flexibility index (Phi) is 4.34. The highest BCUT2D eigenvalue weighted by molar-refractivity contribution is 6.09.